The summed E-state index contributed by atoms with van der Waals surface area (Å²) in [6.07, 6.45) is 3.23. The van der Waals surface area contributed by atoms with E-state index in [2.05, 4.69) is 4.98 Å². The van der Waals surface area contributed by atoms with Crippen molar-refractivity contribution < 1.29 is 23.8 Å². The average Bonchev–Trinajstić information content (AvgIpc) is 3.08. The fourth-order valence-corrected chi connectivity index (χ4v) is 4.12. The SMILES string of the molecule is Cc1cc(OCC(C)C)ccc1C(O)=C1C(=O)C(=O)N(Cc2cccnc2)[C@H]1c1ccc(F)cc1. The molecule has 3 aromatic rings. The van der Waals surface area contributed by atoms with Crippen molar-refractivity contribution >= 4 is 17.4 Å². The molecule has 7 heteroatoms. The number of rotatable bonds is 7. The molecule has 1 aromatic heterocycles. The van der Waals surface area contributed by atoms with Gasteiger partial charge in [0.2, 0.25) is 0 Å². The van der Waals surface area contributed by atoms with Gasteiger partial charge in [-0.2, -0.15) is 0 Å². The molecule has 180 valence electrons. The molecule has 1 aliphatic rings. The molecular formula is C28H27FN2O4. The normalized spacial score (nSPS) is 17.3. The van der Waals surface area contributed by atoms with Crippen LogP contribution in [0.4, 0.5) is 4.39 Å². The maximum absolute atomic E-state index is 13.7. The summed E-state index contributed by atoms with van der Waals surface area (Å²) in [4.78, 5) is 31.8. The van der Waals surface area contributed by atoms with Gasteiger partial charge in [-0.25, -0.2) is 4.39 Å². The van der Waals surface area contributed by atoms with E-state index in [1.165, 1.54) is 29.2 Å². The molecule has 1 aliphatic heterocycles. The van der Waals surface area contributed by atoms with Gasteiger partial charge in [-0.1, -0.05) is 32.0 Å². The molecule has 0 spiro atoms. The summed E-state index contributed by atoms with van der Waals surface area (Å²) in [7, 11) is 0. The highest BCUT2D eigenvalue weighted by molar-refractivity contribution is 6.46. The van der Waals surface area contributed by atoms with E-state index >= 15 is 0 Å². The van der Waals surface area contributed by atoms with Gasteiger partial charge in [0.15, 0.2) is 0 Å². The highest BCUT2D eigenvalue weighted by Gasteiger charge is 2.46. The fraction of sp³-hybridized carbons (Fsp3) is 0.250. The van der Waals surface area contributed by atoms with Gasteiger partial charge in [-0.05, 0) is 65.9 Å². The molecule has 0 radical (unpaired) electrons. The molecule has 1 fully saturated rings. The number of benzene rings is 2. The Hall–Kier alpha value is -4.00. The Morgan fingerprint density at radius 3 is 2.51 bits per heavy atom. The maximum Gasteiger partial charge on any atom is 0.295 e. The largest absolute Gasteiger partial charge is 0.507 e. The Bertz CT molecular complexity index is 1270. The van der Waals surface area contributed by atoms with E-state index in [0.717, 1.165) is 5.56 Å². The number of aliphatic hydroxyl groups is 1. The molecule has 1 atom stereocenters. The molecule has 4 rings (SSSR count). The maximum atomic E-state index is 13.7. The second kappa shape index (κ2) is 10.1. The molecule has 1 amide bonds. The molecule has 0 saturated carbocycles. The number of Topliss-reactive ketones (excluding diaryl/α,β-unsaturated/α-hetero) is 1. The van der Waals surface area contributed by atoms with Crippen LogP contribution >= 0.6 is 0 Å². The standard InChI is InChI=1S/C28H27FN2O4/c1-17(2)16-35-22-10-11-23(18(3)13-22)26(32)24-25(20-6-8-21(29)9-7-20)31(28(34)27(24)33)15-19-5-4-12-30-14-19/h4-14,17,25,32H,15-16H2,1-3H3/t25-/m0/s1. The van der Waals surface area contributed by atoms with Crippen molar-refractivity contribution in [2.45, 2.75) is 33.4 Å². The van der Waals surface area contributed by atoms with Crippen LogP contribution in [0, 0.1) is 18.7 Å². The van der Waals surface area contributed by atoms with Gasteiger partial charge in [0.1, 0.15) is 17.3 Å². The Labute approximate surface area is 203 Å². The van der Waals surface area contributed by atoms with Gasteiger partial charge in [0.25, 0.3) is 11.7 Å². The number of hydrogen-bond donors (Lipinski definition) is 1. The van der Waals surface area contributed by atoms with E-state index in [4.69, 9.17) is 4.74 Å². The predicted octanol–water partition coefficient (Wildman–Crippen LogP) is 5.19. The van der Waals surface area contributed by atoms with E-state index in [9.17, 15) is 19.1 Å². The Morgan fingerprint density at radius 2 is 1.89 bits per heavy atom. The fourth-order valence-electron chi connectivity index (χ4n) is 4.12. The van der Waals surface area contributed by atoms with Crippen LogP contribution in [0.1, 0.15) is 42.1 Å². The van der Waals surface area contributed by atoms with Crippen molar-refractivity contribution in [2.75, 3.05) is 6.61 Å². The minimum absolute atomic E-state index is 0.0375. The highest BCUT2D eigenvalue weighted by atomic mass is 19.1. The van der Waals surface area contributed by atoms with Crippen LogP contribution in [-0.4, -0.2) is 33.3 Å². The van der Waals surface area contributed by atoms with Gasteiger partial charge in [0, 0.05) is 24.5 Å². The van der Waals surface area contributed by atoms with Crippen LogP contribution in [0.25, 0.3) is 5.76 Å². The van der Waals surface area contributed by atoms with Gasteiger partial charge < -0.3 is 14.7 Å². The second-order valence-electron chi connectivity index (χ2n) is 9.02. The molecule has 35 heavy (non-hydrogen) atoms. The Balaban J connectivity index is 1.79. The van der Waals surface area contributed by atoms with Gasteiger partial charge in [-0.3, -0.25) is 14.6 Å². The number of carbonyl (C=O) groups excluding carboxylic acids is 2. The predicted molar refractivity (Wildman–Crippen MR) is 130 cm³/mol. The van der Waals surface area contributed by atoms with Crippen molar-refractivity contribution in [3.8, 4) is 5.75 Å². The topological polar surface area (TPSA) is 79.7 Å². The van der Waals surface area contributed by atoms with Crippen molar-refractivity contribution in [1.29, 1.82) is 0 Å². The zero-order valence-electron chi connectivity index (χ0n) is 19.9. The number of aryl methyl sites for hydroxylation is 1. The van der Waals surface area contributed by atoms with Crippen molar-refractivity contribution in [2.24, 2.45) is 5.92 Å². The monoisotopic (exact) mass is 474 g/mol. The Morgan fingerprint density at radius 1 is 1.14 bits per heavy atom. The smallest absolute Gasteiger partial charge is 0.295 e. The number of aliphatic hydroxyl groups excluding tert-OH is 1. The first-order valence-electron chi connectivity index (χ1n) is 11.4. The summed E-state index contributed by atoms with van der Waals surface area (Å²) in [5.41, 5.74) is 2.33. The number of pyridine rings is 1. The molecule has 1 saturated heterocycles. The second-order valence-corrected chi connectivity index (χ2v) is 9.02. The number of ether oxygens (including phenoxy) is 1. The lowest BCUT2D eigenvalue weighted by atomic mass is 9.93. The number of likely N-dealkylation sites (tertiary alicyclic amines) is 1. The molecule has 2 heterocycles. The van der Waals surface area contributed by atoms with Crippen molar-refractivity contribution in [3.05, 3.63) is 101 Å². The quantitative estimate of drug-likeness (QED) is 0.290. The van der Waals surface area contributed by atoms with E-state index in [1.54, 1.807) is 49.6 Å². The van der Waals surface area contributed by atoms with Crippen LogP contribution in [0.5, 0.6) is 5.75 Å². The van der Waals surface area contributed by atoms with Crippen LogP contribution < -0.4 is 4.74 Å². The highest BCUT2D eigenvalue weighted by Crippen LogP contribution is 2.41. The van der Waals surface area contributed by atoms with Gasteiger partial charge in [0.05, 0.1) is 18.2 Å². The summed E-state index contributed by atoms with van der Waals surface area (Å²) >= 11 is 0. The summed E-state index contributed by atoms with van der Waals surface area (Å²) in [5.74, 6) is -1.24. The minimum Gasteiger partial charge on any atom is -0.507 e. The van der Waals surface area contributed by atoms with Gasteiger partial charge in [-0.15, -0.1) is 0 Å². The third-order valence-electron chi connectivity index (χ3n) is 5.84. The first-order chi connectivity index (χ1) is 16.8. The molecular weight excluding hydrogens is 447 g/mol. The number of nitrogens with zero attached hydrogens (tertiary/aromatic N) is 2. The first-order valence-corrected chi connectivity index (χ1v) is 11.4. The van der Waals surface area contributed by atoms with E-state index in [-0.39, 0.29) is 17.9 Å². The number of aromatic nitrogens is 1. The lowest BCUT2D eigenvalue weighted by molar-refractivity contribution is -0.140. The molecule has 6 nitrogen and oxygen atoms in total. The molecule has 0 unspecified atom stereocenters. The van der Waals surface area contributed by atoms with E-state index in [0.29, 0.717) is 35.0 Å². The van der Waals surface area contributed by atoms with Crippen molar-refractivity contribution in [3.63, 3.8) is 0 Å². The summed E-state index contributed by atoms with van der Waals surface area (Å²) in [6.45, 7) is 6.56. The number of ketones is 1. The third kappa shape index (κ3) is 5.09. The van der Waals surface area contributed by atoms with E-state index in [1.807, 2.05) is 13.8 Å². The average molecular weight is 475 g/mol. The molecule has 0 bridgehead atoms. The van der Waals surface area contributed by atoms with Crippen LogP contribution in [0.15, 0.2) is 72.6 Å². The summed E-state index contributed by atoms with van der Waals surface area (Å²) in [5, 5.41) is 11.3. The number of hydrogen-bond acceptors (Lipinski definition) is 5. The number of amides is 1. The lowest BCUT2D eigenvalue weighted by Crippen LogP contribution is -2.29. The van der Waals surface area contributed by atoms with Gasteiger partial charge >= 0.3 is 0 Å². The molecule has 1 N–H and O–H groups in total. The summed E-state index contributed by atoms with van der Waals surface area (Å²) in [6, 6.07) is 13.4. The van der Waals surface area contributed by atoms with Crippen LogP contribution in [0.2, 0.25) is 0 Å². The van der Waals surface area contributed by atoms with Crippen LogP contribution in [-0.2, 0) is 16.1 Å². The van der Waals surface area contributed by atoms with Crippen LogP contribution in [0.3, 0.4) is 0 Å². The van der Waals surface area contributed by atoms with E-state index < -0.39 is 23.5 Å². The minimum atomic E-state index is -0.882. The first kappa shape index (κ1) is 24.1. The number of carbonyl (C=O) groups is 2. The summed E-state index contributed by atoms with van der Waals surface area (Å²) < 4.78 is 19.4. The zero-order valence-corrected chi connectivity index (χ0v) is 19.9. The third-order valence-corrected chi connectivity index (χ3v) is 5.84. The molecule has 0 aliphatic carbocycles. The number of halogens is 1. The Kier molecular flexibility index (Phi) is 6.96. The lowest BCUT2D eigenvalue weighted by Gasteiger charge is -2.25. The zero-order chi connectivity index (χ0) is 25.1. The van der Waals surface area contributed by atoms with Crippen molar-refractivity contribution in [1.82, 2.24) is 9.88 Å². The molecule has 2 aromatic carbocycles.